The molecule has 4 rings (SSSR count). The van der Waals surface area contributed by atoms with Gasteiger partial charge in [0.15, 0.2) is 0 Å². The number of piperidine rings is 1. The van der Waals surface area contributed by atoms with Crippen LogP contribution in [-0.2, 0) is 0 Å². The van der Waals surface area contributed by atoms with E-state index in [1.807, 2.05) is 0 Å². The average molecular weight is 350 g/mol. The Morgan fingerprint density at radius 2 is 1.42 bits per heavy atom. The molecule has 3 heteroatoms. The van der Waals surface area contributed by atoms with Gasteiger partial charge < -0.3 is 10.2 Å². The van der Waals surface area contributed by atoms with Gasteiger partial charge in [-0.3, -0.25) is 4.90 Å². The third-order valence-corrected chi connectivity index (χ3v) is 5.99. The molecule has 2 aliphatic rings. The second kappa shape index (κ2) is 8.34. The summed E-state index contributed by atoms with van der Waals surface area (Å²) < 4.78 is 0. The van der Waals surface area contributed by atoms with Crippen molar-refractivity contribution in [3.8, 4) is 0 Å². The van der Waals surface area contributed by atoms with Gasteiger partial charge in [-0.25, -0.2) is 0 Å². The summed E-state index contributed by atoms with van der Waals surface area (Å²) in [6.45, 7) is 6.01. The largest absolute Gasteiger partial charge is 0.314 e. The number of nitrogens with zero attached hydrogens (tertiary/aromatic N) is 2. The van der Waals surface area contributed by atoms with Crippen LogP contribution in [0.5, 0.6) is 0 Å². The summed E-state index contributed by atoms with van der Waals surface area (Å²) in [6.07, 6.45) is 2.59. The van der Waals surface area contributed by atoms with Gasteiger partial charge in [-0.05, 0) is 50.0 Å². The van der Waals surface area contributed by atoms with Crippen LogP contribution in [0.2, 0.25) is 0 Å². The van der Waals surface area contributed by atoms with Crippen LogP contribution in [-0.4, -0.2) is 55.6 Å². The summed E-state index contributed by atoms with van der Waals surface area (Å²) in [6, 6.07) is 23.0. The fourth-order valence-corrected chi connectivity index (χ4v) is 4.38. The molecule has 26 heavy (non-hydrogen) atoms. The summed E-state index contributed by atoms with van der Waals surface area (Å²) in [5.74, 6) is 0.782. The predicted octanol–water partition coefficient (Wildman–Crippen LogP) is 3.39. The van der Waals surface area contributed by atoms with Gasteiger partial charge in [0.05, 0.1) is 6.04 Å². The van der Waals surface area contributed by atoms with Gasteiger partial charge in [-0.1, -0.05) is 60.7 Å². The zero-order valence-electron chi connectivity index (χ0n) is 15.8. The van der Waals surface area contributed by atoms with Crippen molar-refractivity contribution in [2.75, 3.05) is 39.8 Å². The second-order valence-electron chi connectivity index (χ2n) is 8.03. The van der Waals surface area contributed by atoms with E-state index in [4.69, 9.17) is 0 Å². The van der Waals surface area contributed by atoms with Gasteiger partial charge in [0.25, 0.3) is 0 Å². The Kier molecular flexibility index (Phi) is 5.68. The molecule has 2 heterocycles. The Morgan fingerprint density at radius 3 is 1.96 bits per heavy atom. The maximum atomic E-state index is 3.83. The van der Waals surface area contributed by atoms with Crippen molar-refractivity contribution in [3.05, 3.63) is 71.8 Å². The Bertz CT molecular complexity index is 619. The van der Waals surface area contributed by atoms with Gasteiger partial charge in [-0.15, -0.1) is 0 Å². The van der Waals surface area contributed by atoms with Gasteiger partial charge >= 0.3 is 0 Å². The van der Waals surface area contributed by atoms with Crippen molar-refractivity contribution in [3.63, 3.8) is 0 Å². The van der Waals surface area contributed by atoms with Crippen LogP contribution in [0.15, 0.2) is 60.7 Å². The molecule has 138 valence electrons. The molecule has 0 bridgehead atoms. The third kappa shape index (κ3) is 4.17. The summed E-state index contributed by atoms with van der Waals surface area (Å²) in [4.78, 5) is 5.07. The minimum Gasteiger partial charge on any atom is -0.314 e. The standard InChI is InChI=1S/C23H31N3/c1-25-14-12-22(13-15-25)24-16-19-17-26(18-19)23(20-8-4-2-5-9-20)21-10-6-3-7-11-21/h2-11,19,22-24H,12-18H2,1H3. The highest BCUT2D eigenvalue weighted by Crippen LogP contribution is 2.34. The molecule has 2 aromatic rings. The lowest BCUT2D eigenvalue weighted by atomic mass is 9.90. The molecule has 0 unspecified atom stereocenters. The summed E-state index contributed by atoms with van der Waals surface area (Å²) in [7, 11) is 2.23. The topological polar surface area (TPSA) is 18.5 Å². The molecule has 1 N–H and O–H groups in total. The first-order valence-corrected chi connectivity index (χ1v) is 10.1. The van der Waals surface area contributed by atoms with E-state index in [9.17, 15) is 0 Å². The lowest BCUT2D eigenvalue weighted by Crippen LogP contribution is -2.54. The van der Waals surface area contributed by atoms with Crippen LogP contribution in [0.4, 0.5) is 0 Å². The van der Waals surface area contributed by atoms with Gasteiger partial charge in [0.2, 0.25) is 0 Å². The smallest absolute Gasteiger partial charge is 0.0602 e. The van der Waals surface area contributed by atoms with E-state index in [0.717, 1.165) is 12.0 Å². The zero-order valence-corrected chi connectivity index (χ0v) is 15.8. The normalized spacial score (nSPS) is 20.4. The van der Waals surface area contributed by atoms with E-state index in [0.29, 0.717) is 6.04 Å². The lowest BCUT2D eigenvalue weighted by Gasteiger charge is -2.45. The number of likely N-dealkylation sites (tertiary alicyclic amines) is 2. The third-order valence-electron chi connectivity index (χ3n) is 5.99. The van der Waals surface area contributed by atoms with Crippen molar-refractivity contribution >= 4 is 0 Å². The van der Waals surface area contributed by atoms with E-state index in [1.165, 1.54) is 56.7 Å². The quantitative estimate of drug-likeness (QED) is 0.862. The molecule has 0 saturated carbocycles. The summed E-state index contributed by atoms with van der Waals surface area (Å²) in [5.41, 5.74) is 2.81. The number of nitrogens with one attached hydrogen (secondary N) is 1. The van der Waals surface area contributed by atoms with E-state index in [-0.39, 0.29) is 0 Å². The first-order valence-electron chi connectivity index (χ1n) is 10.1. The van der Waals surface area contributed by atoms with E-state index < -0.39 is 0 Å². The van der Waals surface area contributed by atoms with Crippen molar-refractivity contribution in [2.24, 2.45) is 5.92 Å². The molecular formula is C23H31N3. The molecular weight excluding hydrogens is 318 g/mol. The zero-order chi connectivity index (χ0) is 17.8. The van der Waals surface area contributed by atoms with Crippen LogP contribution in [0.3, 0.4) is 0 Å². The van der Waals surface area contributed by atoms with Crippen LogP contribution in [0.25, 0.3) is 0 Å². The Labute approximate surface area is 158 Å². The highest BCUT2D eigenvalue weighted by molar-refractivity contribution is 5.32. The minimum absolute atomic E-state index is 0.386. The highest BCUT2D eigenvalue weighted by atomic mass is 15.2. The molecule has 2 aromatic carbocycles. The molecule has 0 aliphatic carbocycles. The molecule has 0 atom stereocenters. The van der Waals surface area contributed by atoms with Crippen molar-refractivity contribution in [1.29, 1.82) is 0 Å². The van der Waals surface area contributed by atoms with E-state index in [2.05, 4.69) is 82.8 Å². The molecule has 2 saturated heterocycles. The van der Waals surface area contributed by atoms with Gasteiger partial charge in [0, 0.05) is 25.7 Å². The maximum Gasteiger partial charge on any atom is 0.0602 e. The monoisotopic (exact) mass is 349 g/mol. The summed E-state index contributed by atoms with van der Waals surface area (Å²) >= 11 is 0. The Balaban J connectivity index is 1.34. The highest BCUT2D eigenvalue weighted by Gasteiger charge is 2.34. The number of hydrogen-bond acceptors (Lipinski definition) is 3. The molecule has 3 nitrogen and oxygen atoms in total. The Hall–Kier alpha value is -1.68. The molecule has 0 aromatic heterocycles. The lowest BCUT2D eigenvalue weighted by molar-refractivity contribution is 0.0647. The van der Waals surface area contributed by atoms with Crippen molar-refractivity contribution in [2.45, 2.75) is 24.9 Å². The first-order chi connectivity index (χ1) is 12.8. The molecule has 0 radical (unpaired) electrons. The molecule has 2 fully saturated rings. The van der Waals surface area contributed by atoms with Crippen LogP contribution in [0, 0.1) is 5.92 Å². The van der Waals surface area contributed by atoms with Crippen molar-refractivity contribution in [1.82, 2.24) is 15.1 Å². The minimum atomic E-state index is 0.386. The fourth-order valence-electron chi connectivity index (χ4n) is 4.38. The first kappa shape index (κ1) is 17.7. The van der Waals surface area contributed by atoms with Crippen LogP contribution >= 0.6 is 0 Å². The molecule has 0 amide bonds. The number of rotatable bonds is 6. The van der Waals surface area contributed by atoms with Gasteiger partial charge in [-0.2, -0.15) is 0 Å². The average Bonchev–Trinajstić information content (AvgIpc) is 2.66. The number of benzene rings is 2. The fraction of sp³-hybridized carbons (Fsp3) is 0.478. The predicted molar refractivity (Wildman–Crippen MR) is 108 cm³/mol. The van der Waals surface area contributed by atoms with E-state index in [1.54, 1.807) is 0 Å². The van der Waals surface area contributed by atoms with Crippen LogP contribution < -0.4 is 5.32 Å². The van der Waals surface area contributed by atoms with E-state index >= 15 is 0 Å². The molecule has 0 spiro atoms. The SMILES string of the molecule is CN1CCC(NCC2CN(C(c3ccccc3)c3ccccc3)C2)CC1. The maximum absolute atomic E-state index is 3.83. The van der Waals surface area contributed by atoms with Crippen LogP contribution in [0.1, 0.15) is 30.0 Å². The van der Waals surface area contributed by atoms with Gasteiger partial charge in [0.1, 0.15) is 0 Å². The molecule has 2 aliphatic heterocycles. The Morgan fingerprint density at radius 1 is 0.885 bits per heavy atom. The number of hydrogen-bond donors (Lipinski definition) is 1. The van der Waals surface area contributed by atoms with Crippen molar-refractivity contribution < 1.29 is 0 Å². The second-order valence-corrected chi connectivity index (χ2v) is 8.03. The summed E-state index contributed by atoms with van der Waals surface area (Å²) in [5, 5.41) is 3.83.